The summed E-state index contributed by atoms with van der Waals surface area (Å²) < 4.78 is 11.3. The van der Waals surface area contributed by atoms with Crippen molar-refractivity contribution in [2.45, 2.75) is 64.4 Å². The van der Waals surface area contributed by atoms with Crippen LogP contribution in [0.15, 0.2) is 18.2 Å². The molecule has 0 heterocycles. The van der Waals surface area contributed by atoms with Gasteiger partial charge >= 0.3 is 0 Å². The van der Waals surface area contributed by atoms with Crippen LogP contribution in [0, 0.1) is 5.92 Å². The normalized spacial score (nSPS) is 14.7. The molecule has 1 aromatic carbocycles. The fourth-order valence-corrected chi connectivity index (χ4v) is 3.73. The van der Waals surface area contributed by atoms with E-state index in [0.717, 1.165) is 38.5 Å². The average Bonchev–Trinajstić information content (AvgIpc) is 3.29. The second kappa shape index (κ2) is 12.3. The van der Waals surface area contributed by atoms with Gasteiger partial charge in [0.15, 0.2) is 11.5 Å². The van der Waals surface area contributed by atoms with Crippen LogP contribution in [0.1, 0.15) is 68.6 Å². The predicted octanol–water partition coefficient (Wildman–Crippen LogP) is 2.90. The van der Waals surface area contributed by atoms with E-state index in [0.29, 0.717) is 34.4 Å². The third-order valence-electron chi connectivity index (χ3n) is 5.50. The van der Waals surface area contributed by atoms with Crippen molar-refractivity contribution in [2.75, 3.05) is 13.7 Å². The minimum atomic E-state index is -0.789. The smallest absolute Gasteiger partial charge is 0.275 e. The fraction of sp³-hybridized carbons (Fsp3) is 0.591. The summed E-state index contributed by atoms with van der Waals surface area (Å²) in [6.45, 7) is 1.79. The molecule has 9 heteroatoms. The van der Waals surface area contributed by atoms with E-state index in [2.05, 4.69) is 0 Å². The van der Waals surface area contributed by atoms with E-state index in [9.17, 15) is 19.6 Å². The molecule has 0 radical (unpaired) electrons. The molecule has 3 N–H and O–H groups in total. The maximum atomic E-state index is 12.9. The van der Waals surface area contributed by atoms with E-state index in [4.69, 9.17) is 15.3 Å². The quantitative estimate of drug-likeness (QED) is 0.129. The third-order valence-corrected chi connectivity index (χ3v) is 5.50. The van der Waals surface area contributed by atoms with Crippen LogP contribution in [0.5, 0.6) is 11.5 Å². The van der Waals surface area contributed by atoms with Crippen molar-refractivity contribution in [3.8, 4) is 11.5 Å². The molecule has 1 atom stereocenters. The van der Waals surface area contributed by atoms with Crippen LogP contribution in [0.25, 0.3) is 0 Å². The van der Waals surface area contributed by atoms with Crippen molar-refractivity contribution in [1.29, 1.82) is 0 Å². The molecule has 1 aliphatic rings. The van der Waals surface area contributed by atoms with Gasteiger partial charge in [0, 0.05) is 5.56 Å². The Bertz CT molecular complexity index is 751. The molecule has 0 saturated heterocycles. The number of hydroxylamine groups is 2. The molecular weight excluding hydrogens is 402 g/mol. The molecular formula is C22H33N3O6. The van der Waals surface area contributed by atoms with E-state index < -0.39 is 17.7 Å². The number of ether oxygens (including phenoxy) is 2. The Morgan fingerprint density at radius 1 is 1.26 bits per heavy atom. The summed E-state index contributed by atoms with van der Waals surface area (Å²) in [5.74, 6) is 4.66. The van der Waals surface area contributed by atoms with Crippen LogP contribution in [-0.4, -0.2) is 53.3 Å². The van der Waals surface area contributed by atoms with Crippen LogP contribution in [0.4, 0.5) is 0 Å². The van der Waals surface area contributed by atoms with Crippen LogP contribution in [0.2, 0.25) is 0 Å². The summed E-state index contributed by atoms with van der Waals surface area (Å²) in [5, 5.41) is 10.5. The first-order chi connectivity index (χ1) is 14.9. The van der Waals surface area contributed by atoms with E-state index in [-0.39, 0.29) is 24.6 Å². The molecule has 0 aromatic heterocycles. The maximum absolute atomic E-state index is 12.9. The van der Waals surface area contributed by atoms with E-state index in [1.165, 1.54) is 19.2 Å². The monoisotopic (exact) mass is 435 g/mol. The number of carbonyl (C=O) groups is 3. The number of benzene rings is 1. The first kappa shape index (κ1) is 24.6. The number of methoxy groups -OCH3 is 1. The predicted molar refractivity (Wildman–Crippen MR) is 113 cm³/mol. The Morgan fingerprint density at radius 2 is 1.97 bits per heavy atom. The Hall–Kier alpha value is -2.65. The lowest BCUT2D eigenvalue weighted by Crippen LogP contribution is -2.48. The SMILES string of the molecule is CCCCC[C@H](CN(O)C=O)C(=O)N(N)C(=O)c1ccc(OC)c(OC2CCCC2)c1. The van der Waals surface area contributed by atoms with Gasteiger partial charge in [-0.1, -0.05) is 26.2 Å². The topological polar surface area (TPSA) is 122 Å². The number of hydrogen-bond acceptors (Lipinski definition) is 7. The molecule has 1 saturated carbocycles. The molecule has 2 rings (SSSR count). The zero-order valence-electron chi connectivity index (χ0n) is 18.3. The van der Waals surface area contributed by atoms with Gasteiger partial charge in [-0.15, -0.1) is 0 Å². The molecule has 0 aliphatic heterocycles. The molecule has 1 aromatic rings. The molecule has 1 aliphatic carbocycles. The molecule has 3 amide bonds. The van der Waals surface area contributed by atoms with E-state index >= 15 is 0 Å². The number of rotatable bonds is 12. The van der Waals surface area contributed by atoms with E-state index in [1.807, 2.05) is 6.92 Å². The van der Waals surface area contributed by atoms with Crippen molar-refractivity contribution in [1.82, 2.24) is 10.1 Å². The van der Waals surface area contributed by atoms with Crippen molar-refractivity contribution >= 4 is 18.2 Å². The van der Waals surface area contributed by atoms with Crippen molar-refractivity contribution in [3.63, 3.8) is 0 Å². The summed E-state index contributed by atoms with van der Waals surface area (Å²) in [4.78, 5) is 36.5. The Balaban J connectivity index is 2.16. The number of unbranched alkanes of at least 4 members (excludes halogenated alkanes) is 2. The lowest BCUT2D eigenvalue weighted by molar-refractivity contribution is -0.156. The first-order valence-corrected chi connectivity index (χ1v) is 10.8. The number of nitrogens with two attached hydrogens (primary N) is 1. The van der Waals surface area contributed by atoms with Crippen LogP contribution in [-0.2, 0) is 9.59 Å². The van der Waals surface area contributed by atoms with Gasteiger partial charge in [-0.2, -0.15) is 0 Å². The molecule has 0 spiro atoms. The highest BCUT2D eigenvalue weighted by Crippen LogP contribution is 2.32. The molecule has 1 fully saturated rings. The first-order valence-electron chi connectivity index (χ1n) is 10.8. The molecule has 31 heavy (non-hydrogen) atoms. The number of carbonyl (C=O) groups excluding carboxylic acids is 3. The summed E-state index contributed by atoms with van der Waals surface area (Å²) in [6, 6.07) is 4.66. The second-order valence-electron chi connectivity index (χ2n) is 7.82. The van der Waals surface area contributed by atoms with Gasteiger partial charge in [0.2, 0.25) is 12.3 Å². The van der Waals surface area contributed by atoms with Gasteiger partial charge in [0.05, 0.1) is 25.7 Å². The van der Waals surface area contributed by atoms with Crippen LogP contribution >= 0.6 is 0 Å². The van der Waals surface area contributed by atoms with Crippen molar-refractivity contribution < 1.29 is 29.1 Å². The summed E-state index contributed by atoms with van der Waals surface area (Å²) in [5.41, 5.74) is 0.188. The van der Waals surface area contributed by atoms with Gasteiger partial charge in [0.25, 0.3) is 5.91 Å². The zero-order chi connectivity index (χ0) is 22.8. The van der Waals surface area contributed by atoms with Gasteiger partial charge in [0.1, 0.15) is 0 Å². The highest BCUT2D eigenvalue weighted by molar-refractivity contribution is 6.05. The summed E-state index contributed by atoms with van der Waals surface area (Å²) >= 11 is 0. The number of hydrazine groups is 1. The number of amides is 3. The van der Waals surface area contributed by atoms with Gasteiger partial charge < -0.3 is 9.47 Å². The number of nitrogens with zero attached hydrogens (tertiary/aromatic N) is 2. The van der Waals surface area contributed by atoms with Gasteiger partial charge in [-0.25, -0.2) is 15.9 Å². The lowest BCUT2D eigenvalue weighted by Gasteiger charge is -2.24. The maximum Gasteiger partial charge on any atom is 0.275 e. The molecule has 9 nitrogen and oxygen atoms in total. The lowest BCUT2D eigenvalue weighted by atomic mass is 9.99. The highest BCUT2D eigenvalue weighted by Gasteiger charge is 2.29. The molecule has 0 bridgehead atoms. The Kier molecular flexibility index (Phi) is 9.74. The minimum Gasteiger partial charge on any atom is -0.493 e. The number of hydrogen-bond donors (Lipinski definition) is 2. The third kappa shape index (κ3) is 6.93. The van der Waals surface area contributed by atoms with Crippen LogP contribution < -0.4 is 15.3 Å². The van der Waals surface area contributed by atoms with Crippen molar-refractivity contribution in [2.24, 2.45) is 11.8 Å². The zero-order valence-corrected chi connectivity index (χ0v) is 18.3. The summed E-state index contributed by atoms with van der Waals surface area (Å²) in [6.07, 6.45) is 7.30. The molecule has 0 unspecified atom stereocenters. The minimum absolute atomic E-state index is 0.0664. The average molecular weight is 436 g/mol. The van der Waals surface area contributed by atoms with Gasteiger partial charge in [-0.05, 0) is 50.3 Å². The van der Waals surface area contributed by atoms with Gasteiger partial charge in [-0.3, -0.25) is 19.6 Å². The van der Waals surface area contributed by atoms with Crippen LogP contribution in [0.3, 0.4) is 0 Å². The highest BCUT2D eigenvalue weighted by atomic mass is 16.5. The Morgan fingerprint density at radius 3 is 2.58 bits per heavy atom. The Labute approximate surface area is 183 Å². The fourth-order valence-electron chi connectivity index (χ4n) is 3.73. The largest absolute Gasteiger partial charge is 0.493 e. The molecule has 172 valence electrons. The summed E-state index contributed by atoms with van der Waals surface area (Å²) in [7, 11) is 1.52. The van der Waals surface area contributed by atoms with E-state index in [1.54, 1.807) is 6.07 Å². The number of imide groups is 1. The van der Waals surface area contributed by atoms with Crippen molar-refractivity contribution in [3.05, 3.63) is 23.8 Å². The standard InChI is InChI=1S/C22H33N3O6/c1-3-4-5-8-17(14-24(29)15-26)22(28)25(23)21(27)16-11-12-19(30-2)20(13-16)31-18-9-6-7-10-18/h11-13,15,17-18,29H,3-10,14,23H2,1-2H3/t17-/m1/s1. The second-order valence-corrected chi connectivity index (χ2v) is 7.82.